The third-order valence-electron chi connectivity index (χ3n) is 2.52. The van der Waals surface area contributed by atoms with Crippen LogP contribution in [0.4, 0.5) is 0 Å². The summed E-state index contributed by atoms with van der Waals surface area (Å²) in [6.07, 6.45) is 3.24. The quantitative estimate of drug-likeness (QED) is 0.789. The zero-order chi connectivity index (χ0) is 13.8. The van der Waals surface area contributed by atoms with E-state index in [1.54, 1.807) is 19.3 Å². The zero-order valence-corrected chi connectivity index (χ0v) is 11.2. The van der Waals surface area contributed by atoms with Gasteiger partial charge in [-0.25, -0.2) is 14.8 Å². The van der Waals surface area contributed by atoms with Gasteiger partial charge in [-0.15, -0.1) is 0 Å². The molecule has 0 aromatic carbocycles. The third kappa shape index (κ3) is 3.13. The lowest BCUT2D eigenvalue weighted by Crippen LogP contribution is -2.09. The van der Waals surface area contributed by atoms with E-state index in [0.29, 0.717) is 6.61 Å². The van der Waals surface area contributed by atoms with E-state index in [1.807, 2.05) is 26.0 Å². The Morgan fingerprint density at radius 2 is 1.68 bits per heavy atom. The molecule has 0 amide bonds. The molecule has 0 aliphatic rings. The highest BCUT2D eigenvalue weighted by molar-refractivity contribution is 5.85. The summed E-state index contributed by atoms with van der Waals surface area (Å²) in [5.41, 5.74) is 3.70. The van der Waals surface area contributed by atoms with Crippen molar-refractivity contribution < 1.29 is 9.53 Å². The van der Waals surface area contributed by atoms with E-state index in [-0.39, 0.29) is 5.82 Å². The van der Waals surface area contributed by atoms with Gasteiger partial charge in [-0.3, -0.25) is 4.98 Å². The minimum absolute atomic E-state index is 0.0769. The summed E-state index contributed by atoms with van der Waals surface area (Å²) in [4.78, 5) is 23.8. The Labute approximate surface area is 111 Å². The number of carbonyl (C=O) groups is 1. The smallest absolute Gasteiger partial charge is 0.376 e. The van der Waals surface area contributed by atoms with E-state index in [4.69, 9.17) is 4.74 Å². The topological polar surface area (TPSA) is 65.0 Å². The van der Waals surface area contributed by atoms with Gasteiger partial charge >= 0.3 is 5.97 Å². The molecule has 5 nitrogen and oxygen atoms in total. The number of hydrogen-bond acceptors (Lipinski definition) is 5. The Bertz CT molecular complexity index is 574. The van der Waals surface area contributed by atoms with Crippen molar-refractivity contribution in [3.05, 3.63) is 41.7 Å². The number of nitrogens with zero attached hydrogens (tertiary/aromatic N) is 3. The summed E-state index contributed by atoms with van der Waals surface area (Å²) in [6, 6.07) is 3.91. The molecule has 2 heterocycles. The maximum Gasteiger partial charge on any atom is 0.376 e. The monoisotopic (exact) mass is 257 g/mol. The van der Waals surface area contributed by atoms with Gasteiger partial charge in [0.25, 0.3) is 0 Å². The second-order valence-corrected chi connectivity index (χ2v) is 4.15. The van der Waals surface area contributed by atoms with Gasteiger partial charge in [-0.2, -0.15) is 0 Å². The molecule has 0 bridgehead atoms. The van der Waals surface area contributed by atoms with Gasteiger partial charge in [0.15, 0.2) is 0 Å². The molecule has 98 valence electrons. The predicted molar refractivity (Wildman–Crippen MR) is 70.7 cm³/mol. The van der Waals surface area contributed by atoms with Crippen LogP contribution >= 0.6 is 0 Å². The first-order valence-electron chi connectivity index (χ1n) is 6.05. The highest BCUT2D eigenvalue weighted by Crippen LogP contribution is 2.19. The van der Waals surface area contributed by atoms with Crippen molar-refractivity contribution in [3.8, 4) is 11.1 Å². The van der Waals surface area contributed by atoms with Crippen molar-refractivity contribution in [2.75, 3.05) is 6.61 Å². The molecular formula is C14H15N3O2. The highest BCUT2D eigenvalue weighted by atomic mass is 16.5. The fourth-order valence-corrected chi connectivity index (χ4v) is 1.78. The van der Waals surface area contributed by atoms with Crippen LogP contribution in [0, 0.1) is 13.8 Å². The summed E-state index contributed by atoms with van der Waals surface area (Å²) in [6.45, 7) is 5.93. The van der Waals surface area contributed by atoms with Crippen LogP contribution in [0.3, 0.4) is 0 Å². The van der Waals surface area contributed by atoms with Crippen molar-refractivity contribution in [2.45, 2.75) is 20.8 Å². The van der Waals surface area contributed by atoms with E-state index in [1.165, 1.54) is 0 Å². The lowest BCUT2D eigenvalue weighted by atomic mass is 10.1. The molecule has 0 aliphatic heterocycles. The maximum absolute atomic E-state index is 11.4. The van der Waals surface area contributed by atoms with Gasteiger partial charge in [0.1, 0.15) is 0 Å². The Morgan fingerprint density at radius 3 is 2.21 bits per heavy atom. The number of esters is 1. The Hall–Kier alpha value is -2.30. The van der Waals surface area contributed by atoms with Crippen molar-refractivity contribution in [2.24, 2.45) is 0 Å². The standard InChI is InChI=1S/C14H15N3O2/c1-4-19-14(18)13-15-7-12(8-16-13)11-5-9(2)17-10(3)6-11/h5-8H,4H2,1-3H3. The molecule has 2 aromatic rings. The summed E-state index contributed by atoms with van der Waals surface area (Å²) in [5, 5.41) is 0. The zero-order valence-electron chi connectivity index (χ0n) is 11.2. The first kappa shape index (κ1) is 13.1. The van der Waals surface area contributed by atoms with Gasteiger partial charge < -0.3 is 4.74 Å². The van der Waals surface area contributed by atoms with Crippen LogP contribution < -0.4 is 0 Å². The van der Waals surface area contributed by atoms with E-state index in [9.17, 15) is 4.79 Å². The average molecular weight is 257 g/mol. The molecule has 0 N–H and O–H groups in total. The predicted octanol–water partition coefficient (Wildman–Crippen LogP) is 2.33. The van der Waals surface area contributed by atoms with Crippen LogP contribution in [0.1, 0.15) is 28.9 Å². The molecule has 0 fully saturated rings. The Kier molecular flexibility index (Phi) is 3.85. The number of aryl methyl sites for hydroxylation is 2. The van der Waals surface area contributed by atoms with Crippen molar-refractivity contribution in [1.29, 1.82) is 0 Å². The maximum atomic E-state index is 11.4. The minimum Gasteiger partial charge on any atom is -0.460 e. The Morgan fingerprint density at radius 1 is 1.11 bits per heavy atom. The van der Waals surface area contributed by atoms with Gasteiger partial charge in [0.2, 0.25) is 5.82 Å². The van der Waals surface area contributed by atoms with Crippen LogP contribution in [0.25, 0.3) is 11.1 Å². The molecule has 2 rings (SSSR count). The molecule has 0 saturated carbocycles. The number of ether oxygens (including phenoxy) is 1. The van der Waals surface area contributed by atoms with E-state index in [0.717, 1.165) is 22.5 Å². The van der Waals surface area contributed by atoms with Crippen LogP contribution in [0.5, 0.6) is 0 Å². The van der Waals surface area contributed by atoms with Crippen LogP contribution in [-0.2, 0) is 4.74 Å². The number of rotatable bonds is 3. The Balaban J connectivity index is 2.29. The van der Waals surface area contributed by atoms with E-state index in [2.05, 4.69) is 15.0 Å². The fraction of sp³-hybridized carbons (Fsp3) is 0.286. The molecule has 5 heteroatoms. The second-order valence-electron chi connectivity index (χ2n) is 4.15. The van der Waals surface area contributed by atoms with Crippen LogP contribution in [0.2, 0.25) is 0 Å². The van der Waals surface area contributed by atoms with Gasteiger partial charge in [-0.1, -0.05) is 0 Å². The second kappa shape index (κ2) is 5.56. The molecule has 2 aromatic heterocycles. The normalized spacial score (nSPS) is 10.3. The van der Waals surface area contributed by atoms with Gasteiger partial charge in [-0.05, 0) is 38.5 Å². The van der Waals surface area contributed by atoms with Crippen molar-refractivity contribution in [1.82, 2.24) is 15.0 Å². The largest absolute Gasteiger partial charge is 0.460 e. The molecule has 0 unspecified atom stereocenters. The first-order valence-corrected chi connectivity index (χ1v) is 6.05. The number of hydrogen-bond donors (Lipinski definition) is 0. The summed E-state index contributed by atoms with van der Waals surface area (Å²) >= 11 is 0. The molecule has 19 heavy (non-hydrogen) atoms. The van der Waals surface area contributed by atoms with Gasteiger partial charge in [0, 0.05) is 29.3 Å². The number of pyridine rings is 1. The van der Waals surface area contributed by atoms with E-state index >= 15 is 0 Å². The van der Waals surface area contributed by atoms with Crippen LogP contribution in [0.15, 0.2) is 24.5 Å². The average Bonchev–Trinajstić information content (AvgIpc) is 2.38. The molecule has 0 saturated heterocycles. The fourth-order valence-electron chi connectivity index (χ4n) is 1.78. The molecule has 0 spiro atoms. The number of carbonyl (C=O) groups excluding carboxylic acids is 1. The third-order valence-corrected chi connectivity index (χ3v) is 2.52. The summed E-state index contributed by atoms with van der Waals surface area (Å²) < 4.78 is 4.84. The summed E-state index contributed by atoms with van der Waals surface area (Å²) in [7, 11) is 0. The highest BCUT2D eigenvalue weighted by Gasteiger charge is 2.10. The molecule has 0 radical (unpaired) electrons. The van der Waals surface area contributed by atoms with Crippen molar-refractivity contribution in [3.63, 3.8) is 0 Å². The number of aromatic nitrogens is 3. The van der Waals surface area contributed by atoms with Crippen molar-refractivity contribution >= 4 is 5.97 Å². The molecule has 0 aliphatic carbocycles. The molecular weight excluding hydrogens is 242 g/mol. The van der Waals surface area contributed by atoms with E-state index < -0.39 is 5.97 Å². The lowest BCUT2D eigenvalue weighted by molar-refractivity contribution is 0.0512. The first-order chi connectivity index (χ1) is 9.10. The van der Waals surface area contributed by atoms with Gasteiger partial charge in [0.05, 0.1) is 6.61 Å². The van der Waals surface area contributed by atoms with Crippen LogP contribution in [-0.4, -0.2) is 27.5 Å². The molecule has 0 atom stereocenters. The summed E-state index contributed by atoms with van der Waals surface area (Å²) in [5.74, 6) is -0.427. The minimum atomic E-state index is -0.504. The lowest BCUT2D eigenvalue weighted by Gasteiger charge is -2.05. The SMILES string of the molecule is CCOC(=O)c1ncc(-c2cc(C)nc(C)c2)cn1.